The molecule has 2 heterocycles. The average Bonchev–Trinajstić information content (AvgIpc) is 3.20. The summed E-state index contributed by atoms with van der Waals surface area (Å²) in [5, 5.41) is 13.9. The van der Waals surface area contributed by atoms with E-state index in [1.807, 2.05) is 17.5 Å². The van der Waals surface area contributed by atoms with E-state index in [1.165, 1.54) is 18.4 Å². The van der Waals surface area contributed by atoms with Crippen molar-refractivity contribution < 1.29 is 9.53 Å². The molecule has 3 aromatic rings. The van der Waals surface area contributed by atoms with Crippen LogP contribution in [0.4, 0.5) is 5.69 Å². The van der Waals surface area contributed by atoms with Crippen molar-refractivity contribution in [3.8, 4) is 33.6 Å². The van der Waals surface area contributed by atoms with Gasteiger partial charge in [0.2, 0.25) is 5.91 Å². The molecule has 1 amide bonds. The lowest BCUT2D eigenvalue weighted by molar-refractivity contribution is -0.116. The highest BCUT2D eigenvalue weighted by Gasteiger charge is 2.11. The third-order valence-electron chi connectivity index (χ3n) is 4.15. The number of hydrogen-bond acceptors (Lipinski definition) is 6. The Morgan fingerprint density at radius 2 is 2.11 bits per heavy atom. The Morgan fingerprint density at radius 3 is 2.86 bits per heavy atom. The number of amides is 1. The van der Waals surface area contributed by atoms with Crippen molar-refractivity contribution in [2.75, 3.05) is 12.4 Å². The number of nitrogens with zero attached hydrogens (tertiary/aromatic N) is 3. The summed E-state index contributed by atoms with van der Waals surface area (Å²) in [4.78, 5) is 21.8. The molecule has 0 aliphatic heterocycles. The summed E-state index contributed by atoms with van der Waals surface area (Å²) in [6.45, 7) is 2.06. The largest absolute Gasteiger partial charge is 0.495 e. The topological polar surface area (TPSA) is 87.9 Å². The molecule has 142 valence electrons. The molecule has 0 fully saturated rings. The number of carbonyl (C=O) groups is 1. The summed E-state index contributed by atoms with van der Waals surface area (Å²) < 4.78 is 5.27. The van der Waals surface area contributed by atoms with Crippen LogP contribution in [0.5, 0.6) is 5.75 Å². The molecule has 0 radical (unpaired) electrons. The number of thiophene rings is 1. The standard InChI is InChI=1S/C21H20N4O2S/c1-3-4-5-21(26)24-16-9-20(28-13-16)18-12-23-11-17(25-18)14-6-7-15(10-22)19(8-14)27-2/h6-9,11-13H,3-5H2,1-2H3,(H,24,26). The van der Waals surface area contributed by atoms with Gasteiger partial charge in [-0.25, -0.2) is 4.98 Å². The third kappa shape index (κ3) is 4.53. The maximum Gasteiger partial charge on any atom is 0.224 e. The fourth-order valence-corrected chi connectivity index (χ4v) is 3.46. The molecule has 3 rings (SSSR count). The fraction of sp³-hybridized carbons (Fsp3) is 0.238. The van der Waals surface area contributed by atoms with Crippen molar-refractivity contribution in [2.45, 2.75) is 26.2 Å². The van der Waals surface area contributed by atoms with Gasteiger partial charge in [0.25, 0.3) is 0 Å². The second-order valence-electron chi connectivity index (χ2n) is 6.17. The Balaban J connectivity index is 1.83. The first-order valence-electron chi connectivity index (χ1n) is 8.94. The van der Waals surface area contributed by atoms with Crippen LogP contribution >= 0.6 is 11.3 Å². The Labute approximate surface area is 167 Å². The predicted octanol–water partition coefficient (Wildman–Crippen LogP) is 4.88. The van der Waals surface area contributed by atoms with Crippen LogP contribution < -0.4 is 10.1 Å². The maximum absolute atomic E-state index is 11.9. The van der Waals surface area contributed by atoms with Crippen LogP contribution in [0.3, 0.4) is 0 Å². The predicted molar refractivity (Wildman–Crippen MR) is 110 cm³/mol. The number of benzene rings is 1. The van der Waals surface area contributed by atoms with Gasteiger partial charge in [-0.3, -0.25) is 9.78 Å². The number of nitriles is 1. The highest BCUT2D eigenvalue weighted by atomic mass is 32.1. The minimum absolute atomic E-state index is 0.0238. The van der Waals surface area contributed by atoms with E-state index in [-0.39, 0.29) is 5.91 Å². The molecule has 28 heavy (non-hydrogen) atoms. The molecule has 0 saturated heterocycles. The summed E-state index contributed by atoms with van der Waals surface area (Å²) in [5.41, 5.74) is 3.46. The molecule has 0 atom stereocenters. The summed E-state index contributed by atoms with van der Waals surface area (Å²) in [6.07, 6.45) is 5.76. The van der Waals surface area contributed by atoms with Crippen LogP contribution in [-0.2, 0) is 4.79 Å². The number of nitrogens with one attached hydrogen (secondary N) is 1. The van der Waals surface area contributed by atoms with Crippen molar-refractivity contribution in [3.05, 3.63) is 47.6 Å². The van der Waals surface area contributed by atoms with E-state index in [1.54, 1.807) is 24.5 Å². The van der Waals surface area contributed by atoms with Crippen LogP contribution in [0.15, 0.2) is 42.0 Å². The van der Waals surface area contributed by atoms with E-state index in [2.05, 4.69) is 28.3 Å². The zero-order chi connectivity index (χ0) is 19.9. The Hall–Kier alpha value is -3.24. The lowest BCUT2D eigenvalue weighted by Crippen LogP contribution is -2.09. The number of anilines is 1. The van der Waals surface area contributed by atoms with Crippen LogP contribution in [0.2, 0.25) is 0 Å². The molecule has 0 bridgehead atoms. The van der Waals surface area contributed by atoms with Gasteiger partial charge in [-0.05, 0) is 24.6 Å². The number of aromatic nitrogens is 2. The number of hydrogen-bond donors (Lipinski definition) is 1. The number of ether oxygens (including phenoxy) is 1. The fourth-order valence-electron chi connectivity index (χ4n) is 2.66. The highest BCUT2D eigenvalue weighted by Crippen LogP contribution is 2.31. The maximum atomic E-state index is 11.9. The molecular weight excluding hydrogens is 372 g/mol. The van der Waals surface area contributed by atoms with Crippen molar-refractivity contribution in [3.63, 3.8) is 0 Å². The third-order valence-corrected chi connectivity index (χ3v) is 5.10. The van der Waals surface area contributed by atoms with Gasteiger partial charge in [0, 0.05) is 17.4 Å². The molecule has 6 nitrogen and oxygen atoms in total. The van der Waals surface area contributed by atoms with Gasteiger partial charge in [0.1, 0.15) is 11.8 Å². The van der Waals surface area contributed by atoms with Crippen LogP contribution in [0, 0.1) is 11.3 Å². The van der Waals surface area contributed by atoms with Gasteiger partial charge in [0.15, 0.2) is 0 Å². The summed E-state index contributed by atoms with van der Waals surface area (Å²) in [5.74, 6) is 0.524. The van der Waals surface area contributed by atoms with E-state index in [0.29, 0.717) is 23.4 Å². The van der Waals surface area contributed by atoms with Gasteiger partial charge in [-0.1, -0.05) is 19.4 Å². The molecular formula is C21H20N4O2S. The number of unbranched alkanes of at least 4 members (excludes halogenated alkanes) is 1. The number of rotatable bonds is 7. The zero-order valence-corrected chi connectivity index (χ0v) is 16.5. The molecule has 0 aliphatic rings. The van der Waals surface area contributed by atoms with Crippen LogP contribution in [-0.4, -0.2) is 23.0 Å². The highest BCUT2D eigenvalue weighted by molar-refractivity contribution is 7.14. The molecule has 0 saturated carbocycles. The Morgan fingerprint density at radius 1 is 1.29 bits per heavy atom. The molecule has 1 aromatic carbocycles. The van der Waals surface area contributed by atoms with E-state index in [0.717, 1.165) is 34.7 Å². The summed E-state index contributed by atoms with van der Waals surface area (Å²) in [7, 11) is 1.53. The zero-order valence-electron chi connectivity index (χ0n) is 15.7. The van der Waals surface area contributed by atoms with Gasteiger partial charge in [-0.2, -0.15) is 5.26 Å². The van der Waals surface area contributed by atoms with Crippen molar-refractivity contribution in [1.82, 2.24) is 9.97 Å². The van der Waals surface area contributed by atoms with E-state index in [4.69, 9.17) is 10.00 Å². The Bertz CT molecular complexity index is 1020. The summed E-state index contributed by atoms with van der Waals surface area (Å²) >= 11 is 1.50. The monoisotopic (exact) mass is 392 g/mol. The van der Waals surface area contributed by atoms with Gasteiger partial charge >= 0.3 is 0 Å². The first-order chi connectivity index (χ1) is 13.6. The summed E-state index contributed by atoms with van der Waals surface area (Å²) in [6, 6.07) is 9.31. The first-order valence-corrected chi connectivity index (χ1v) is 9.82. The van der Waals surface area contributed by atoms with Crippen molar-refractivity contribution in [1.29, 1.82) is 5.26 Å². The van der Waals surface area contributed by atoms with Crippen LogP contribution in [0.25, 0.3) is 21.8 Å². The lowest BCUT2D eigenvalue weighted by Gasteiger charge is -2.07. The van der Waals surface area contributed by atoms with Crippen molar-refractivity contribution >= 4 is 22.9 Å². The smallest absolute Gasteiger partial charge is 0.224 e. The van der Waals surface area contributed by atoms with Gasteiger partial charge < -0.3 is 10.1 Å². The van der Waals surface area contributed by atoms with E-state index in [9.17, 15) is 4.79 Å². The molecule has 1 N–H and O–H groups in total. The molecule has 7 heteroatoms. The van der Waals surface area contributed by atoms with E-state index < -0.39 is 0 Å². The molecule has 0 spiro atoms. The number of methoxy groups -OCH3 is 1. The minimum Gasteiger partial charge on any atom is -0.495 e. The lowest BCUT2D eigenvalue weighted by atomic mass is 10.1. The van der Waals surface area contributed by atoms with Gasteiger partial charge in [0.05, 0.1) is 47.0 Å². The number of carbonyl (C=O) groups excluding carboxylic acids is 1. The molecule has 0 aliphatic carbocycles. The van der Waals surface area contributed by atoms with E-state index >= 15 is 0 Å². The molecule has 0 unspecified atom stereocenters. The Kier molecular flexibility index (Phi) is 6.35. The SMILES string of the molecule is CCCCC(=O)Nc1csc(-c2cncc(-c3ccc(C#N)c(OC)c3)n2)c1. The molecule has 2 aromatic heterocycles. The normalized spacial score (nSPS) is 10.3. The van der Waals surface area contributed by atoms with Crippen LogP contribution in [0.1, 0.15) is 31.7 Å². The second kappa shape index (κ2) is 9.11. The first kappa shape index (κ1) is 19.5. The van der Waals surface area contributed by atoms with Crippen molar-refractivity contribution in [2.24, 2.45) is 0 Å². The van der Waals surface area contributed by atoms with Gasteiger partial charge in [-0.15, -0.1) is 11.3 Å². The minimum atomic E-state index is 0.0238. The second-order valence-corrected chi connectivity index (χ2v) is 7.08. The average molecular weight is 392 g/mol. The quantitative estimate of drug-likeness (QED) is 0.619.